The number of sulfonamides is 1. The van der Waals surface area contributed by atoms with Gasteiger partial charge in [0.05, 0.1) is 35.7 Å². The molecule has 188 valence electrons. The third-order valence-electron chi connectivity index (χ3n) is 6.85. The fraction of sp³-hybridized carbons (Fsp3) is 0.500. The Morgan fingerprint density at radius 2 is 2.06 bits per heavy atom. The van der Waals surface area contributed by atoms with E-state index in [1.54, 1.807) is 35.3 Å². The molecule has 2 aromatic carbocycles. The molecule has 0 spiro atoms. The van der Waals surface area contributed by atoms with Gasteiger partial charge in [-0.3, -0.25) is 0 Å². The minimum absolute atomic E-state index is 0.154. The van der Waals surface area contributed by atoms with E-state index in [1.807, 2.05) is 24.3 Å². The van der Waals surface area contributed by atoms with E-state index >= 15 is 0 Å². The molecule has 0 radical (unpaired) electrons. The molecular formula is C26H33N3O4S2. The average Bonchev–Trinajstić information content (AvgIpc) is 3.51. The SMILES string of the molecule is COc1cccc(CSc2nc3cc(S(=O)(=O)N4CCC[C@H](C)C4)ccc3n2C[C@H]2CCCO2)c1. The molecule has 35 heavy (non-hydrogen) atoms. The van der Waals surface area contributed by atoms with Gasteiger partial charge in [0.25, 0.3) is 0 Å². The van der Waals surface area contributed by atoms with Crippen molar-refractivity contribution < 1.29 is 17.9 Å². The smallest absolute Gasteiger partial charge is 0.243 e. The first-order valence-corrected chi connectivity index (χ1v) is 14.7. The molecule has 1 aromatic heterocycles. The quantitative estimate of drug-likeness (QED) is 0.396. The van der Waals surface area contributed by atoms with Crippen LogP contribution in [0.25, 0.3) is 11.0 Å². The van der Waals surface area contributed by atoms with Crippen LogP contribution in [0.4, 0.5) is 0 Å². The summed E-state index contributed by atoms with van der Waals surface area (Å²) in [5, 5.41) is 0.875. The van der Waals surface area contributed by atoms with Crippen molar-refractivity contribution in [2.45, 2.75) is 61.1 Å². The van der Waals surface area contributed by atoms with Crippen molar-refractivity contribution >= 4 is 32.8 Å². The topological polar surface area (TPSA) is 73.7 Å². The molecule has 0 N–H and O–H groups in total. The first-order chi connectivity index (χ1) is 16.9. The molecule has 5 rings (SSSR count). The molecule has 2 saturated heterocycles. The van der Waals surface area contributed by atoms with Gasteiger partial charge in [-0.05, 0) is 67.5 Å². The number of nitrogens with zero attached hydrogens (tertiary/aromatic N) is 3. The zero-order chi connectivity index (χ0) is 24.4. The minimum atomic E-state index is -3.54. The molecule has 2 atom stereocenters. The molecule has 9 heteroatoms. The first kappa shape index (κ1) is 24.6. The van der Waals surface area contributed by atoms with Crippen molar-refractivity contribution in [1.29, 1.82) is 0 Å². The summed E-state index contributed by atoms with van der Waals surface area (Å²) >= 11 is 1.65. The Morgan fingerprint density at radius 1 is 1.17 bits per heavy atom. The third kappa shape index (κ3) is 5.38. The Labute approximate surface area is 211 Å². The summed E-state index contributed by atoms with van der Waals surface area (Å²) < 4.78 is 41.8. The summed E-state index contributed by atoms with van der Waals surface area (Å²) in [6, 6.07) is 13.4. The zero-order valence-corrected chi connectivity index (χ0v) is 22.0. The van der Waals surface area contributed by atoms with Gasteiger partial charge in [0.2, 0.25) is 10.0 Å². The van der Waals surface area contributed by atoms with Crippen LogP contribution in [0, 0.1) is 5.92 Å². The largest absolute Gasteiger partial charge is 0.497 e. The first-order valence-electron chi connectivity index (χ1n) is 12.3. The summed E-state index contributed by atoms with van der Waals surface area (Å²) in [4.78, 5) is 5.23. The van der Waals surface area contributed by atoms with E-state index in [-0.39, 0.29) is 6.10 Å². The van der Waals surface area contributed by atoms with E-state index in [0.29, 0.717) is 36.0 Å². The van der Waals surface area contributed by atoms with E-state index in [1.165, 1.54) is 0 Å². The summed E-state index contributed by atoms with van der Waals surface area (Å²) in [7, 11) is -1.87. The van der Waals surface area contributed by atoms with Crippen molar-refractivity contribution in [2.24, 2.45) is 5.92 Å². The van der Waals surface area contributed by atoms with Gasteiger partial charge in [-0.1, -0.05) is 30.8 Å². The molecule has 2 aliphatic heterocycles. The number of piperidine rings is 1. The van der Waals surface area contributed by atoms with Gasteiger partial charge in [0.1, 0.15) is 5.75 Å². The van der Waals surface area contributed by atoms with Crippen LogP contribution in [0.1, 0.15) is 38.2 Å². The van der Waals surface area contributed by atoms with Gasteiger partial charge < -0.3 is 14.0 Å². The highest BCUT2D eigenvalue weighted by Gasteiger charge is 2.29. The average molecular weight is 516 g/mol. The lowest BCUT2D eigenvalue weighted by Gasteiger charge is -2.30. The van der Waals surface area contributed by atoms with Crippen molar-refractivity contribution in [2.75, 3.05) is 26.8 Å². The molecule has 0 saturated carbocycles. The van der Waals surface area contributed by atoms with Gasteiger partial charge in [-0.2, -0.15) is 4.31 Å². The molecular weight excluding hydrogens is 482 g/mol. The second-order valence-corrected chi connectivity index (χ2v) is 12.4. The zero-order valence-electron chi connectivity index (χ0n) is 20.4. The number of hydrogen-bond acceptors (Lipinski definition) is 6. The Balaban J connectivity index is 1.46. The summed E-state index contributed by atoms with van der Waals surface area (Å²) in [5.74, 6) is 1.95. The number of rotatable bonds is 8. The van der Waals surface area contributed by atoms with Gasteiger partial charge in [-0.25, -0.2) is 13.4 Å². The monoisotopic (exact) mass is 515 g/mol. The highest BCUT2D eigenvalue weighted by atomic mass is 32.2. The molecule has 0 bridgehead atoms. The van der Waals surface area contributed by atoms with Crippen LogP contribution in [-0.2, 0) is 27.1 Å². The maximum absolute atomic E-state index is 13.4. The molecule has 0 amide bonds. The Morgan fingerprint density at radius 3 is 2.83 bits per heavy atom. The van der Waals surface area contributed by atoms with Crippen LogP contribution in [0.5, 0.6) is 5.75 Å². The van der Waals surface area contributed by atoms with E-state index in [4.69, 9.17) is 14.5 Å². The van der Waals surface area contributed by atoms with Gasteiger partial charge in [0, 0.05) is 25.4 Å². The van der Waals surface area contributed by atoms with Crippen molar-refractivity contribution in [3.8, 4) is 5.75 Å². The maximum Gasteiger partial charge on any atom is 0.243 e. The Kier molecular flexibility index (Phi) is 7.39. The van der Waals surface area contributed by atoms with Crippen LogP contribution in [-0.4, -0.2) is 55.2 Å². The lowest BCUT2D eigenvalue weighted by atomic mass is 10.0. The van der Waals surface area contributed by atoms with Crippen LogP contribution in [0.15, 0.2) is 52.5 Å². The third-order valence-corrected chi connectivity index (χ3v) is 9.76. The fourth-order valence-electron chi connectivity index (χ4n) is 4.95. The second-order valence-electron chi connectivity index (χ2n) is 9.54. The highest BCUT2D eigenvalue weighted by molar-refractivity contribution is 7.98. The van der Waals surface area contributed by atoms with Crippen molar-refractivity contribution in [3.05, 3.63) is 48.0 Å². The van der Waals surface area contributed by atoms with Crippen molar-refractivity contribution in [3.63, 3.8) is 0 Å². The lowest BCUT2D eigenvalue weighted by Crippen LogP contribution is -2.39. The number of benzene rings is 2. The van der Waals surface area contributed by atoms with Crippen LogP contribution >= 0.6 is 11.8 Å². The van der Waals surface area contributed by atoms with Gasteiger partial charge >= 0.3 is 0 Å². The van der Waals surface area contributed by atoms with E-state index in [0.717, 1.165) is 60.0 Å². The summed E-state index contributed by atoms with van der Waals surface area (Å²) in [5.41, 5.74) is 2.80. The fourth-order valence-corrected chi connectivity index (χ4v) is 7.54. The van der Waals surface area contributed by atoms with E-state index < -0.39 is 10.0 Å². The van der Waals surface area contributed by atoms with Gasteiger partial charge in [-0.15, -0.1) is 0 Å². The molecule has 7 nitrogen and oxygen atoms in total. The number of ether oxygens (including phenoxy) is 2. The Hall–Kier alpha value is -2.07. The Bertz CT molecular complexity index is 1280. The maximum atomic E-state index is 13.4. The van der Waals surface area contributed by atoms with Gasteiger partial charge in [0.15, 0.2) is 5.16 Å². The number of imidazole rings is 1. The van der Waals surface area contributed by atoms with Crippen LogP contribution < -0.4 is 4.74 Å². The lowest BCUT2D eigenvalue weighted by molar-refractivity contribution is 0.0960. The summed E-state index contributed by atoms with van der Waals surface area (Å²) in [6.45, 7) is 4.78. The molecule has 3 aromatic rings. The predicted octanol–water partition coefficient (Wildman–Crippen LogP) is 4.94. The standard InChI is InChI=1S/C26H33N3O4S2/c1-19-6-4-12-28(16-19)35(30,31)23-10-11-25-24(15-23)27-26(29(25)17-22-9-5-13-33-22)34-18-20-7-3-8-21(14-20)32-2/h3,7-8,10-11,14-15,19,22H,4-6,9,12-13,16-18H2,1-2H3/t19-,22+/m0/s1. The molecule has 0 unspecified atom stereocenters. The minimum Gasteiger partial charge on any atom is -0.497 e. The number of thioether (sulfide) groups is 1. The predicted molar refractivity (Wildman–Crippen MR) is 138 cm³/mol. The van der Waals surface area contributed by atoms with E-state index in [9.17, 15) is 8.42 Å². The molecule has 0 aliphatic carbocycles. The number of methoxy groups -OCH3 is 1. The second kappa shape index (κ2) is 10.5. The normalized spacial score (nSPS) is 21.5. The molecule has 3 heterocycles. The van der Waals surface area contributed by atoms with E-state index in [2.05, 4.69) is 17.6 Å². The number of hydrogen-bond donors (Lipinski definition) is 0. The van der Waals surface area contributed by atoms with Crippen LogP contribution in [0.3, 0.4) is 0 Å². The van der Waals surface area contributed by atoms with Crippen LogP contribution in [0.2, 0.25) is 0 Å². The molecule has 2 aliphatic rings. The molecule has 2 fully saturated rings. The number of fused-ring (bicyclic) bond motifs is 1. The van der Waals surface area contributed by atoms with Crippen molar-refractivity contribution in [1.82, 2.24) is 13.9 Å². The highest BCUT2D eigenvalue weighted by Crippen LogP contribution is 2.32. The number of aromatic nitrogens is 2. The summed E-state index contributed by atoms with van der Waals surface area (Å²) in [6.07, 6.45) is 4.23.